The number of anilines is 1. The van der Waals surface area contributed by atoms with Crippen LogP contribution < -0.4 is 14.4 Å². The van der Waals surface area contributed by atoms with Crippen molar-refractivity contribution in [3.8, 4) is 11.5 Å². The number of piperazine rings is 1. The van der Waals surface area contributed by atoms with E-state index >= 15 is 0 Å². The van der Waals surface area contributed by atoms with Gasteiger partial charge >= 0.3 is 0 Å². The Morgan fingerprint density at radius 3 is 2.48 bits per heavy atom. The number of rotatable bonds is 5. The molecule has 1 aliphatic rings. The van der Waals surface area contributed by atoms with Crippen molar-refractivity contribution in [3.63, 3.8) is 0 Å². The Morgan fingerprint density at radius 2 is 1.79 bits per heavy atom. The highest BCUT2D eigenvalue weighted by Crippen LogP contribution is 2.31. The van der Waals surface area contributed by atoms with Crippen molar-refractivity contribution in [2.24, 2.45) is 7.05 Å². The van der Waals surface area contributed by atoms with Gasteiger partial charge in [-0.15, -0.1) is 5.10 Å². The van der Waals surface area contributed by atoms with Crippen LogP contribution in [-0.4, -0.2) is 78.1 Å². The van der Waals surface area contributed by atoms with Gasteiger partial charge in [-0.1, -0.05) is 5.21 Å². The van der Waals surface area contributed by atoms with Gasteiger partial charge in [0.2, 0.25) is 10.0 Å². The summed E-state index contributed by atoms with van der Waals surface area (Å²) >= 11 is 0. The molecule has 1 aromatic carbocycles. The van der Waals surface area contributed by atoms with Crippen molar-refractivity contribution in [1.29, 1.82) is 0 Å². The molecule has 1 saturated heterocycles. The van der Waals surface area contributed by atoms with E-state index in [0.717, 1.165) is 0 Å². The van der Waals surface area contributed by atoms with Crippen LogP contribution in [0.1, 0.15) is 0 Å². The maximum atomic E-state index is 13.2. The molecule has 3 heterocycles. The van der Waals surface area contributed by atoms with Crippen LogP contribution >= 0.6 is 0 Å². The van der Waals surface area contributed by atoms with E-state index in [1.807, 2.05) is 4.90 Å². The molecular weight excluding hydrogens is 398 g/mol. The highest BCUT2D eigenvalue weighted by atomic mass is 32.2. The van der Waals surface area contributed by atoms with Crippen LogP contribution in [0.15, 0.2) is 29.4 Å². The standard InChI is InChI=1S/C17H21N7O4S/c1-22-16-15(20-21-22)17(19-11-18-16)23-6-8-24(9-7-23)29(25,26)14-5-4-12(27-2)10-13(14)28-3/h4-5,10-11H,6-9H2,1-3H3. The molecule has 0 saturated carbocycles. The summed E-state index contributed by atoms with van der Waals surface area (Å²) in [5.74, 6) is 1.44. The lowest BCUT2D eigenvalue weighted by atomic mass is 10.3. The zero-order valence-electron chi connectivity index (χ0n) is 16.3. The lowest BCUT2D eigenvalue weighted by Gasteiger charge is -2.34. The highest BCUT2D eigenvalue weighted by molar-refractivity contribution is 7.89. The molecule has 1 fully saturated rings. The maximum Gasteiger partial charge on any atom is 0.246 e. The lowest BCUT2D eigenvalue weighted by molar-refractivity contribution is 0.369. The average molecular weight is 419 g/mol. The Kier molecular flexibility index (Phi) is 4.96. The van der Waals surface area contributed by atoms with Crippen LogP contribution in [0.5, 0.6) is 11.5 Å². The molecule has 4 rings (SSSR count). The quantitative estimate of drug-likeness (QED) is 0.575. The number of hydrogen-bond donors (Lipinski definition) is 0. The first-order valence-electron chi connectivity index (χ1n) is 8.93. The first kappa shape index (κ1) is 19.3. The fourth-order valence-corrected chi connectivity index (χ4v) is 4.90. The Morgan fingerprint density at radius 1 is 1.03 bits per heavy atom. The second kappa shape index (κ2) is 7.44. The van der Waals surface area contributed by atoms with E-state index in [1.165, 1.54) is 30.9 Å². The summed E-state index contributed by atoms with van der Waals surface area (Å²) in [6, 6.07) is 4.68. The van der Waals surface area contributed by atoms with E-state index in [2.05, 4.69) is 20.3 Å². The molecule has 2 aromatic heterocycles. The molecule has 0 radical (unpaired) electrons. The van der Waals surface area contributed by atoms with Crippen molar-refractivity contribution in [2.75, 3.05) is 45.3 Å². The first-order chi connectivity index (χ1) is 14.0. The van der Waals surface area contributed by atoms with Gasteiger partial charge in [-0.25, -0.2) is 23.1 Å². The van der Waals surface area contributed by atoms with E-state index in [-0.39, 0.29) is 10.6 Å². The first-order valence-corrected chi connectivity index (χ1v) is 10.4. The number of aromatic nitrogens is 5. The average Bonchev–Trinajstić information content (AvgIpc) is 3.14. The number of methoxy groups -OCH3 is 2. The number of hydrogen-bond acceptors (Lipinski definition) is 9. The van der Waals surface area contributed by atoms with Gasteiger partial charge in [-0.2, -0.15) is 4.31 Å². The molecule has 11 nitrogen and oxygen atoms in total. The van der Waals surface area contributed by atoms with Crippen molar-refractivity contribution in [2.45, 2.75) is 4.90 Å². The molecule has 0 bridgehead atoms. The molecule has 12 heteroatoms. The minimum atomic E-state index is -3.71. The fourth-order valence-electron chi connectivity index (χ4n) is 3.34. The van der Waals surface area contributed by atoms with Crippen LogP contribution in [-0.2, 0) is 17.1 Å². The molecule has 0 amide bonds. The van der Waals surface area contributed by atoms with E-state index in [1.54, 1.807) is 23.9 Å². The zero-order valence-corrected chi connectivity index (χ0v) is 17.1. The summed E-state index contributed by atoms with van der Waals surface area (Å²) in [6.45, 7) is 1.56. The van der Waals surface area contributed by atoms with Gasteiger partial charge in [0.1, 0.15) is 22.7 Å². The van der Waals surface area contributed by atoms with Crippen molar-refractivity contribution < 1.29 is 17.9 Å². The predicted octanol–water partition coefficient (Wildman–Crippen LogP) is 0.286. The van der Waals surface area contributed by atoms with Crippen molar-refractivity contribution in [3.05, 3.63) is 24.5 Å². The van der Waals surface area contributed by atoms with Crippen LogP contribution in [0.3, 0.4) is 0 Å². The summed E-state index contributed by atoms with van der Waals surface area (Å²) in [6.07, 6.45) is 1.46. The van der Waals surface area contributed by atoms with Crippen LogP contribution in [0.25, 0.3) is 11.2 Å². The third-order valence-corrected chi connectivity index (χ3v) is 6.83. The summed E-state index contributed by atoms with van der Waals surface area (Å²) in [5, 5.41) is 8.12. The fraction of sp³-hybridized carbons (Fsp3) is 0.412. The van der Waals surface area contributed by atoms with E-state index in [4.69, 9.17) is 9.47 Å². The smallest absolute Gasteiger partial charge is 0.246 e. The number of ether oxygens (including phenoxy) is 2. The van der Waals surface area contributed by atoms with E-state index in [0.29, 0.717) is 48.9 Å². The number of aryl methyl sites for hydroxylation is 1. The van der Waals surface area contributed by atoms with Gasteiger partial charge in [0, 0.05) is 39.3 Å². The van der Waals surface area contributed by atoms with E-state index < -0.39 is 10.0 Å². The minimum Gasteiger partial charge on any atom is -0.497 e. The molecule has 0 spiro atoms. The second-order valence-corrected chi connectivity index (χ2v) is 8.40. The summed E-state index contributed by atoms with van der Waals surface area (Å²) in [4.78, 5) is 10.6. The Labute approximate surface area is 167 Å². The molecule has 154 valence electrons. The second-order valence-electron chi connectivity index (χ2n) is 6.49. The van der Waals surface area contributed by atoms with Crippen molar-refractivity contribution in [1.82, 2.24) is 29.3 Å². The molecule has 0 N–H and O–H groups in total. The molecule has 1 aliphatic heterocycles. The third-order valence-electron chi connectivity index (χ3n) is 4.90. The summed E-state index contributed by atoms with van der Waals surface area (Å²) < 4.78 is 39.8. The number of nitrogens with zero attached hydrogens (tertiary/aromatic N) is 7. The van der Waals surface area contributed by atoms with Gasteiger partial charge in [0.05, 0.1) is 14.2 Å². The van der Waals surface area contributed by atoms with Gasteiger partial charge in [-0.3, -0.25) is 0 Å². The summed E-state index contributed by atoms with van der Waals surface area (Å²) in [5.41, 5.74) is 1.23. The SMILES string of the molecule is COc1ccc(S(=O)(=O)N2CCN(c3ncnc4c3nnn4C)CC2)c(OC)c1. The Balaban J connectivity index is 1.56. The molecule has 29 heavy (non-hydrogen) atoms. The molecule has 3 aromatic rings. The highest BCUT2D eigenvalue weighted by Gasteiger charge is 2.32. The van der Waals surface area contributed by atoms with Crippen molar-refractivity contribution >= 4 is 27.0 Å². The van der Waals surface area contributed by atoms with Gasteiger partial charge in [-0.05, 0) is 12.1 Å². The number of benzene rings is 1. The van der Waals surface area contributed by atoms with Crippen LogP contribution in [0.2, 0.25) is 0 Å². The monoisotopic (exact) mass is 419 g/mol. The predicted molar refractivity (Wildman–Crippen MR) is 105 cm³/mol. The largest absolute Gasteiger partial charge is 0.497 e. The van der Waals surface area contributed by atoms with E-state index in [9.17, 15) is 8.42 Å². The molecule has 0 unspecified atom stereocenters. The van der Waals surface area contributed by atoms with Crippen LogP contribution in [0.4, 0.5) is 5.82 Å². The van der Waals surface area contributed by atoms with Crippen LogP contribution in [0, 0.1) is 0 Å². The summed E-state index contributed by atoms with van der Waals surface area (Å²) in [7, 11) is 1.01. The molecular formula is C17H21N7O4S. The molecule has 0 atom stereocenters. The Bertz CT molecular complexity index is 1140. The van der Waals surface area contributed by atoms with Gasteiger partial charge in [0.25, 0.3) is 0 Å². The zero-order chi connectivity index (χ0) is 20.6. The van der Waals surface area contributed by atoms with Gasteiger partial charge in [0.15, 0.2) is 17.0 Å². The van der Waals surface area contributed by atoms with Gasteiger partial charge < -0.3 is 14.4 Å². The normalized spacial score (nSPS) is 15.6. The maximum absolute atomic E-state index is 13.2. The topological polar surface area (TPSA) is 116 Å². The number of sulfonamides is 1. The minimum absolute atomic E-state index is 0.118. The Hall–Kier alpha value is -2.99. The molecule has 0 aliphatic carbocycles. The lowest BCUT2D eigenvalue weighted by Crippen LogP contribution is -2.49. The number of fused-ring (bicyclic) bond motifs is 1. The third kappa shape index (κ3) is 3.34.